The second kappa shape index (κ2) is 6.72. The van der Waals surface area contributed by atoms with E-state index in [1.54, 1.807) is 22.7 Å². The fourth-order valence-corrected chi connectivity index (χ4v) is 5.99. The first-order valence-electron chi connectivity index (χ1n) is 9.15. The summed E-state index contributed by atoms with van der Waals surface area (Å²) >= 11 is 4.77. The molecule has 4 aromatic rings. The first kappa shape index (κ1) is 17.9. The van der Waals surface area contributed by atoms with Crippen molar-refractivity contribution in [3.8, 4) is 20.9 Å². The molecule has 5 nitrogen and oxygen atoms in total. The molecule has 8 heteroatoms. The molecule has 0 saturated carbocycles. The van der Waals surface area contributed by atoms with Crippen LogP contribution in [0.25, 0.3) is 31.9 Å². The lowest BCUT2D eigenvalue weighted by Gasteiger charge is -2.09. The Kier molecular flexibility index (Phi) is 4.30. The number of aromatic nitrogens is 2. The average molecular weight is 427 g/mol. The number of benzene rings is 1. The number of hydrogen-bond acceptors (Lipinski definition) is 7. The van der Waals surface area contributed by atoms with Gasteiger partial charge in [0.1, 0.15) is 22.4 Å². The van der Waals surface area contributed by atoms with Gasteiger partial charge in [0, 0.05) is 19.5 Å². The molecular formula is C20H18N4OS3. The summed E-state index contributed by atoms with van der Waals surface area (Å²) in [6.45, 7) is 8.81. The third-order valence-corrected chi connectivity index (χ3v) is 8.14. The Morgan fingerprint density at radius 2 is 1.18 bits per heavy atom. The van der Waals surface area contributed by atoms with E-state index in [1.807, 2.05) is 0 Å². The lowest BCUT2D eigenvalue weighted by molar-refractivity contribution is 0.315. The molecule has 0 radical (unpaired) electrons. The van der Waals surface area contributed by atoms with Gasteiger partial charge in [0.2, 0.25) is 0 Å². The van der Waals surface area contributed by atoms with Gasteiger partial charge in [0.25, 0.3) is 0 Å². The molecule has 0 amide bonds. The molecule has 1 aromatic carbocycles. The smallest absolute Gasteiger partial charge is 0.146 e. The topological polar surface area (TPSA) is 63.6 Å². The van der Waals surface area contributed by atoms with Gasteiger partial charge in [0.05, 0.1) is 22.5 Å². The summed E-state index contributed by atoms with van der Waals surface area (Å²) in [7, 11) is 0. The molecule has 142 valence electrons. The van der Waals surface area contributed by atoms with E-state index in [1.165, 1.54) is 21.1 Å². The molecular weight excluding hydrogens is 408 g/mol. The quantitative estimate of drug-likeness (QED) is 0.296. The number of rotatable bonds is 4. The van der Waals surface area contributed by atoms with Crippen LogP contribution in [0.3, 0.4) is 0 Å². The fourth-order valence-electron chi connectivity index (χ4n) is 3.32. The Bertz CT molecular complexity index is 1180. The van der Waals surface area contributed by atoms with Gasteiger partial charge in [-0.25, -0.2) is 4.63 Å². The summed E-state index contributed by atoms with van der Waals surface area (Å²) in [5.74, 6) is 0.960. The Balaban J connectivity index is 1.79. The van der Waals surface area contributed by atoms with Crippen molar-refractivity contribution in [2.75, 3.05) is 0 Å². The van der Waals surface area contributed by atoms with Crippen LogP contribution >= 0.6 is 22.7 Å². The zero-order valence-electron chi connectivity index (χ0n) is 15.9. The van der Waals surface area contributed by atoms with E-state index in [2.05, 4.69) is 71.0 Å². The van der Waals surface area contributed by atoms with Gasteiger partial charge < -0.3 is 0 Å². The highest BCUT2D eigenvalue weighted by Gasteiger charge is 2.28. The number of hydrogen-bond donors (Lipinski definition) is 0. The highest BCUT2D eigenvalue weighted by molar-refractivity contribution is 7.58. The van der Waals surface area contributed by atoms with Crippen molar-refractivity contribution in [1.29, 1.82) is 0 Å². The van der Waals surface area contributed by atoms with Crippen molar-refractivity contribution in [3.05, 3.63) is 34.0 Å². The van der Waals surface area contributed by atoms with Gasteiger partial charge in [-0.15, -0.1) is 22.7 Å². The van der Waals surface area contributed by atoms with Gasteiger partial charge in [-0.3, -0.25) is 0 Å². The second-order valence-corrected chi connectivity index (χ2v) is 10.1. The third kappa shape index (κ3) is 2.70. The molecule has 0 bridgehead atoms. The van der Waals surface area contributed by atoms with E-state index >= 15 is 0 Å². The van der Waals surface area contributed by atoms with Crippen LogP contribution in [0.5, 0.6) is 0 Å². The van der Waals surface area contributed by atoms with Crippen LogP contribution in [0.2, 0.25) is 0 Å². The maximum absolute atomic E-state index is 5.20. The summed E-state index contributed by atoms with van der Waals surface area (Å²) in [6.07, 6.45) is 0. The van der Waals surface area contributed by atoms with Gasteiger partial charge in [-0.1, -0.05) is 27.7 Å². The molecule has 1 aliphatic rings. The Morgan fingerprint density at radius 3 is 1.57 bits per heavy atom. The number of nitrogens with zero attached hydrogens (tertiary/aromatic N) is 4. The predicted molar refractivity (Wildman–Crippen MR) is 118 cm³/mol. The molecule has 0 spiro atoms. The number of fused-ring (bicyclic) bond motifs is 2. The van der Waals surface area contributed by atoms with Crippen LogP contribution in [0, 0.1) is 0 Å². The van der Waals surface area contributed by atoms with Gasteiger partial charge in [-0.2, -0.15) is 8.73 Å². The van der Waals surface area contributed by atoms with E-state index in [0.717, 1.165) is 43.3 Å². The van der Waals surface area contributed by atoms with E-state index in [-0.39, 0.29) is 0 Å². The zero-order valence-corrected chi connectivity index (χ0v) is 18.3. The minimum Gasteiger partial charge on any atom is -0.243 e. The van der Waals surface area contributed by atoms with Crippen LogP contribution < -0.4 is 0 Å². The first-order chi connectivity index (χ1) is 13.5. The summed E-state index contributed by atoms with van der Waals surface area (Å²) < 4.78 is 14.5. The molecule has 4 heterocycles. The largest absolute Gasteiger partial charge is 0.243 e. The van der Waals surface area contributed by atoms with Crippen molar-refractivity contribution in [2.24, 2.45) is 8.73 Å². The van der Waals surface area contributed by atoms with Crippen molar-refractivity contribution in [1.82, 2.24) is 10.3 Å². The summed E-state index contributed by atoms with van der Waals surface area (Å²) in [4.78, 5) is 4.92. The van der Waals surface area contributed by atoms with Crippen molar-refractivity contribution < 1.29 is 4.63 Å². The highest BCUT2D eigenvalue weighted by atomic mass is 32.1. The minimum atomic E-state index is 0.480. The first-order valence-corrected chi connectivity index (χ1v) is 11.5. The van der Waals surface area contributed by atoms with Crippen LogP contribution in [0.4, 0.5) is 11.4 Å². The highest BCUT2D eigenvalue weighted by Crippen LogP contribution is 2.53. The zero-order chi connectivity index (χ0) is 19.4. The van der Waals surface area contributed by atoms with E-state index in [9.17, 15) is 0 Å². The Labute approximate surface area is 174 Å². The van der Waals surface area contributed by atoms with E-state index in [0.29, 0.717) is 11.8 Å². The fraction of sp³-hybridized carbons (Fsp3) is 0.300. The van der Waals surface area contributed by atoms with Crippen LogP contribution in [-0.2, 0) is 11.4 Å². The molecule has 1 aliphatic heterocycles. The third-order valence-electron chi connectivity index (χ3n) is 4.81. The van der Waals surface area contributed by atoms with E-state index < -0.39 is 0 Å². The predicted octanol–water partition coefficient (Wildman–Crippen LogP) is 7.65. The van der Waals surface area contributed by atoms with Crippen LogP contribution in [0.1, 0.15) is 49.3 Å². The lowest BCUT2D eigenvalue weighted by atomic mass is 10.0. The Hall–Kier alpha value is -2.16. The summed E-state index contributed by atoms with van der Waals surface area (Å²) in [5, 5.41) is 8.54. The molecule has 28 heavy (non-hydrogen) atoms. The summed E-state index contributed by atoms with van der Waals surface area (Å²) in [5.41, 5.74) is 5.21. The Morgan fingerprint density at radius 1 is 0.714 bits per heavy atom. The SMILES string of the molecule is CC(C)c1ccc(-c2c3c(c(-c4ccc(C(C)C)s4)c4nonc24)N=S=N3)s1. The molecule has 0 saturated heterocycles. The molecule has 0 aliphatic carbocycles. The average Bonchev–Trinajstić information content (AvgIpc) is 3.45. The lowest BCUT2D eigenvalue weighted by Crippen LogP contribution is -1.85. The van der Waals surface area contributed by atoms with Crippen molar-refractivity contribution in [3.63, 3.8) is 0 Å². The monoisotopic (exact) mass is 426 g/mol. The van der Waals surface area contributed by atoms with Crippen LogP contribution in [-0.4, -0.2) is 10.3 Å². The molecule has 0 atom stereocenters. The van der Waals surface area contributed by atoms with Crippen molar-refractivity contribution in [2.45, 2.75) is 39.5 Å². The minimum absolute atomic E-state index is 0.480. The van der Waals surface area contributed by atoms with E-state index in [4.69, 9.17) is 4.63 Å². The standard InChI is InChI=1S/C20H18N4OS3/c1-9(2)11-5-7-13(26-11)15-17-18(22-25-21-17)16(20-19(15)23-28-24-20)14-8-6-12(27-14)10(3)4/h5-10H,1-4H3. The molecule has 0 fully saturated rings. The molecule has 5 rings (SSSR count). The van der Waals surface area contributed by atoms with Gasteiger partial charge >= 0.3 is 0 Å². The maximum atomic E-state index is 5.20. The molecule has 0 unspecified atom stereocenters. The molecule has 0 N–H and O–H groups in total. The van der Waals surface area contributed by atoms with Crippen molar-refractivity contribution >= 4 is 56.4 Å². The maximum Gasteiger partial charge on any atom is 0.146 e. The number of thiophene rings is 2. The summed E-state index contributed by atoms with van der Waals surface area (Å²) in [6, 6.07) is 8.64. The second-order valence-electron chi connectivity index (χ2n) is 7.39. The molecule has 3 aromatic heterocycles. The normalized spacial score (nSPS) is 13.1. The van der Waals surface area contributed by atoms with Crippen LogP contribution in [0.15, 0.2) is 37.6 Å². The van der Waals surface area contributed by atoms with Gasteiger partial charge in [-0.05, 0) is 46.4 Å². The van der Waals surface area contributed by atoms with Gasteiger partial charge in [0.15, 0.2) is 0 Å².